The van der Waals surface area contributed by atoms with E-state index in [1.165, 1.54) is 0 Å². The topological polar surface area (TPSA) is 61.5 Å². The third kappa shape index (κ3) is 3.10. The number of ether oxygens (including phenoxy) is 1. The van der Waals surface area contributed by atoms with Gasteiger partial charge in [0.2, 0.25) is 0 Å². The summed E-state index contributed by atoms with van der Waals surface area (Å²) in [6.45, 7) is 4.94. The Kier molecular flexibility index (Phi) is 4.24. The zero-order valence-electron chi connectivity index (χ0n) is 15.0. The van der Waals surface area contributed by atoms with Gasteiger partial charge in [-0.3, -0.25) is 4.79 Å². The lowest BCUT2D eigenvalue weighted by molar-refractivity contribution is 0.0747. The Hall–Kier alpha value is -3.02. The van der Waals surface area contributed by atoms with E-state index in [0.29, 0.717) is 18.7 Å². The summed E-state index contributed by atoms with van der Waals surface area (Å²) in [5.41, 5.74) is 3.63. The van der Waals surface area contributed by atoms with Crippen molar-refractivity contribution in [3.8, 4) is 5.75 Å². The molecule has 1 N–H and O–H groups in total. The van der Waals surface area contributed by atoms with Gasteiger partial charge in [-0.15, -0.1) is 0 Å². The Balaban J connectivity index is 1.45. The third-order valence-corrected chi connectivity index (χ3v) is 4.83. The lowest BCUT2D eigenvalue weighted by atomic mass is 10.1. The van der Waals surface area contributed by atoms with E-state index in [1.54, 1.807) is 7.11 Å². The predicted molar refractivity (Wildman–Crippen MR) is 102 cm³/mol. The van der Waals surface area contributed by atoms with Gasteiger partial charge in [-0.1, -0.05) is 6.07 Å². The average molecular weight is 350 g/mol. The lowest BCUT2D eigenvalue weighted by Crippen LogP contribution is -2.48. The Morgan fingerprint density at radius 1 is 1.12 bits per heavy atom. The van der Waals surface area contributed by atoms with Gasteiger partial charge >= 0.3 is 0 Å². The SMILES string of the molecule is COc1cccc(N2CCN(C(=O)c3ccc4nc(C)[nH]c4c3)CC2)c1. The number of carbonyl (C=O) groups is 1. The smallest absolute Gasteiger partial charge is 0.254 e. The zero-order valence-corrected chi connectivity index (χ0v) is 15.0. The second-order valence-electron chi connectivity index (χ2n) is 6.53. The molecule has 3 aromatic rings. The van der Waals surface area contributed by atoms with Crippen LogP contribution in [0.3, 0.4) is 0 Å². The first-order valence-corrected chi connectivity index (χ1v) is 8.79. The fraction of sp³-hybridized carbons (Fsp3) is 0.300. The minimum absolute atomic E-state index is 0.0736. The molecular weight excluding hydrogens is 328 g/mol. The fourth-order valence-corrected chi connectivity index (χ4v) is 3.43. The van der Waals surface area contributed by atoms with Crippen LogP contribution in [0.5, 0.6) is 5.75 Å². The number of aromatic amines is 1. The number of amides is 1. The van der Waals surface area contributed by atoms with Crippen molar-refractivity contribution in [3.05, 3.63) is 53.9 Å². The Morgan fingerprint density at radius 2 is 1.92 bits per heavy atom. The van der Waals surface area contributed by atoms with Crippen LogP contribution in [0.2, 0.25) is 0 Å². The molecule has 0 unspecified atom stereocenters. The molecule has 4 rings (SSSR count). The van der Waals surface area contributed by atoms with Crippen LogP contribution in [0.1, 0.15) is 16.2 Å². The molecule has 1 aliphatic rings. The molecule has 1 fully saturated rings. The molecule has 26 heavy (non-hydrogen) atoms. The summed E-state index contributed by atoms with van der Waals surface area (Å²) in [7, 11) is 1.67. The number of nitrogens with zero attached hydrogens (tertiary/aromatic N) is 3. The van der Waals surface area contributed by atoms with Crippen molar-refractivity contribution in [2.24, 2.45) is 0 Å². The number of methoxy groups -OCH3 is 1. The van der Waals surface area contributed by atoms with E-state index in [-0.39, 0.29) is 5.91 Å². The van der Waals surface area contributed by atoms with E-state index < -0.39 is 0 Å². The molecule has 0 atom stereocenters. The maximum atomic E-state index is 12.8. The van der Waals surface area contributed by atoms with Crippen molar-refractivity contribution >= 4 is 22.6 Å². The molecule has 1 saturated heterocycles. The quantitative estimate of drug-likeness (QED) is 0.789. The van der Waals surface area contributed by atoms with Crippen molar-refractivity contribution in [1.82, 2.24) is 14.9 Å². The van der Waals surface area contributed by atoms with Crippen LogP contribution in [0.4, 0.5) is 5.69 Å². The van der Waals surface area contributed by atoms with Crippen molar-refractivity contribution in [2.75, 3.05) is 38.2 Å². The summed E-state index contributed by atoms with van der Waals surface area (Å²) in [6, 6.07) is 13.7. The van der Waals surface area contributed by atoms with Crippen LogP contribution < -0.4 is 9.64 Å². The first-order valence-electron chi connectivity index (χ1n) is 8.79. The summed E-state index contributed by atoms with van der Waals surface area (Å²) in [6.07, 6.45) is 0. The van der Waals surface area contributed by atoms with Gasteiger partial charge in [0.05, 0.1) is 18.1 Å². The van der Waals surface area contributed by atoms with Crippen LogP contribution >= 0.6 is 0 Å². The Bertz CT molecular complexity index is 942. The van der Waals surface area contributed by atoms with Gasteiger partial charge in [0.15, 0.2) is 0 Å². The molecule has 0 spiro atoms. The largest absolute Gasteiger partial charge is 0.497 e. The normalized spacial score (nSPS) is 14.7. The maximum absolute atomic E-state index is 12.8. The number of hydrogen-bond acceptors (Lipinski definition) is 4. The first kappa shape index (κ1) is 16.4. The number of benzene rings is 2. The lowest BCUT2D eigenvalue weighted by Gasteiger charge is -2.36. The maximum Gasteiger partial charge on any atom is 0.254 e. The molecule has 1 amide bonds. The van der Waals surface area contributed by atoms with E-state index in [9.17, 15) is 4.79 Å². The highest BCUT2D eigenvalue weighted by atomic mass is 16.5. The number of carbonyl (C=O) groups excluding carboxylic acids is 1. The number of piperazine rings is 1. The van der Waals surface area contributed by atoms with Gasteiger partial charge in [0.25, 0.3) is 5.91 Å². The van der Waals surface area contributed by atoms with Crippen LogP contribution in [-0.4, -0.2) is 54.1 Å². The average Bonchev–Trinajstić information content (AvgIpc) is 3.06. The minimum atomic E-state index is 0.0736. The molecule has 1 aliphatic heterocycles. The molecule has 1 aromatic heterocycles. The Labute approximate surface area is 152 Å². The number of imidazole rings is 1. The summed E-state index contributed by atoms with van der Waals surface area (Å²) < 4.78 is 5.30. The van der Waals surface area contributed by atoms with E-state index >= 15 is 0 Å². The number of aromatic nitrogens is 2. The molecule has 0 saturated carbocycles. The van der Waals surface area contributed by atoms with Crippen LogP contribution in [-0.2, 0) is 0 Å². The van der Waals surface area contributed by atoms with Crippen molar-refractivity contribution < 1.29 is 9.53 Å². The molecule has 6 heteroatoms. The molecule has 2 heterocycles. The van der Waals surface area contributed by atoms with Crippen LogP contribution in [0.25, 0.3) is 11.0 Å². The van der Waals surface area contributed by atoms with Gasteiger partial charge in [0, 0.05) is 43.5 Å². The second-order valence-corrected chi connectivity index (χ2v) is 6.53. The Morgan fingerprint density at radius 3 is 2.69 bits per heavy atom. The fourth-order valence-electron chi connectivity index (χ4n) is 3.43. The minimum Gasteiger partial charge on any atom is -0.497 e. The standard InChI is InChI=1S/C20H22N4O2/c1-14-21-18-7-6-15(12-19(18)22-14)20(25)24-10-8-23(9-11-24)16-4-3-5-17(13-16)26-2/h3-7,12-13H,8-11H2,1-2H3,(H,21,22). The van der Waals surface area contributed by atoms with Gasteiger partial charge in [-0.05, 0) is 37.3 Å². The molecule has 0 aliphatic carbocycles. The molecule has 6 nitrogen and oxygen atoms in total. The zero-order chi connectivity index (χ0) is 18.1. The number of aryl methyl sites for hydroxylation is 1. The number of nitrogens with one attached hydrogen (secondary N) is 1. The monoisotopic (exact) mass is 350 g/mol. The number of hydrogen-bond donors (Lipinski definition) is 1. The molecule has 0 bridgehead atoms. The second kappa shape index (κ2) is 6.71. The number of H-pyrrole nitrogens is 1. The molecule has 2 aromatic carbocycles. The molecular formula is C20H22N4O2. The van der Waals surface area contributed by atoms with Gasteiger partial charge in [-0.2, -0.15) is 0 Å². The summed E-state index contributed by atoms with van der Waals surface area (Å²) >= 11 is 0. The molecule has 0 radical (unpaired) electrons. The van der Waals surface area contributed by atoms with Gasteiger partial charge in [0.1, 0.15) is 11.6 Å². The van der Waals surface area contributed by atoms with E-state index in [1.807, 2.05) is 48.2 Å². The summed E-state index contributed by atoms with van der Waals surface area (Å²) in [4.78, 5) is 24.6. The highest BCUT2D eigenvalue weighted by Crippen LogP contribution is 2.23. The van der Waals surface area contributed by atoms with Crippen molar-refractivity contribution in [2.45, 2.75) is 6.92 Å². The number of rotatable bonds is 3. The summed E-state index contributed by atoms with van der Waals surface area (Å²) in [5.74, 6) is 1.78. The highest BCUT2D eigenvalue weighted by Gasteiger charge is 2.23. The summed E-state index contributed by atoms with van der Waals surface area (Å²) in [5, 5.41) is 0. The van der Waals surface area contributed by atoms with Crippen LogP contribution in [0, 0.1) is 6.92 Å². The van der Waals surface area contributed by atoms with E-state index in [2.05, 4.69) is 20.9 Å². The van der Waals surface area contributed by atoms with Crippen molar-refractivity contribution in [1.29, 1.82) is 0 Å². The van der Waals surface area contributed by atoms with Crippen molar-refractivity contribution in [3.63, 3.8) is 0 Å². The van der Waals surface area contributed by atoms with Crippen LogP contribution in [0.15, 0.2) is 42.5 Å². The molecule has 134 valence electrons. The van der Waals surface area contributed by atoms with Gasteiger partial charge < -0.3 is 19.5 Å². The number of fused-ring (bicyclic) bond motifs is 1. The van der Waals surface area contributed by atoms with Gasteiger partial charge in [-0.25, -0.2) is 4.98 Å². The first-order chi connectivity index (χ1) is 12.6. The predicted octanol–water partition coefficient (Wildman–Crippen LogP) is 2.84. The number of anilines is 1. The van der Waals surface area contributed by atoms with E-state index in [0.717, 1.165) is 41.4 Å². The highest BCUT2D eigenvalue weighted by molar-refractivity contribution is 5.97. The van der Waals surface area contributed by atoms with E-state index in [4.69, 9.17) is 4.74 Å². The third-order valence-electron chi connectivity index (χ3n) is 4.83.